The third kappa shape index (κ3) is 3.52. The van der Waals surface area contributed by atoms with Gasteiger partial charge in [-0.3, -0.25) is 4.79 Å². The Morgan fingerprint density at radius 2 is 2.00 bits per heavy atom. The number of nitrogens with zero attached hydrogens (tertiary/aromatic N) is 1. The molecular formula is C11H21NOS. The van der Waals surface area contributed by atoms with Crippen molar-refractivity contribution in [2.45, 2.75) is 45.3 Å². The van der Waals surface area contributed by atoms with Gasteiger partial charge >= 0.3 is 0 Å². The average molecular weight is 215 g/mol. The van der Waals surface area contributed by atoms with Crippen molar-refractivity contribution in [2.24, 2.45) is 5.92 Å². The number of carbonyl (C=O) groups excluding carboxylic acids is 1. The zero-order valence-electron chi connectivity index (χ0n) is 9.67. The van der Waals surface area contributed by atoms with Crippen LogP contribution in [0.5, 0.6) is 0 Å². The minimum Gasteiger partial charge on any atom is -0.333 e. The first-order valence-electron chi connectivity index (χ1n) is 5.40. The zero-order valence-corrected chi connectivity index (χ0v) is 10.5. The Labute approximate surface area is 91.4 Å². The summed E-state index contributed by atoms with van der Waals surface area (Å²) in [7, 11) is 0. The molecule has 0 atom stereocenters. The maximum atomic E-state index is 11.7. The number of thioether (sulfide) groups is 1. The van der Waals surface area contributed by atoms with E-state index in [0.29, 0.717) is 0 Å². The fraction of sp³-hybridized carbons (Fsp3) is 0.909. The van der Waals surface area contributed by atoms with Crippen LogP contribution in [0.15, 0.2) is 0 Å². The van der Waals surface area contributed by atoms with Crippen molar-refractivity contribution in [3.63, 3.8) is 0 Å². The topological polar surface area (TPSA) is 20.3 Å². The zero-order chi connectivity index (χ0) is 10.8. The fourth-order valence-electron chi connectivity index (χ4n) is 1.64. The molecule has 0 unspecified atom stereocenters. The van der Waals surface area contributed by atoms with Crippen LogP contribution in [0.3, 0.4) is 0 Å². The Hall–Kier alpha value is -0.180. The molecule has 0 spiro atoms. The van der Waals surface area contributed by atoms with Gasteiger partial charge in [-0.1, -0.05) is 45.9 Å². The molecule has 1 amide bonds. The molecule has 0 bridgehead atoms. The fourth-order valence-corrected chi connectivity index (χ4v) is 2.44. The van der Waals surface area contributed by atoms with Gasteiger partial charge in [0.25, 0.3) is 5.24 Å². The lowest BCUT2D eigenvalue weighted by Gasteiger charge is -2.40. The quantitative estimate of drug-likeness (QED) is 0.704. The molecule has 14 heavy (non-hydrogen) atoms. The smallest absolute Gasteiger partial charge is 0.282 e. The van der Waals surface area contributed by atoms with E-state index in [-0.39, 0.29) is 9.99 Å². The van der Waals surface area contributed by atoms with Gasteiger partial charge < -0.3 is 4.90 Å². The average Bonchev–Trinajstić information content (AvgIpc) is 1.91. The summed E-state index contributed by atoms with van der Waals surface area (Å²) in [6, 6.07) is 0. The standard InChI is InChI=1S/C11H21NOS/c1-5-6-9-7-12(8-9)10(13)14-11(2,3)4/h9H,5-8H2,1-4H3. The molecule has 1 fully saturated rings. The van der Waals surface area contributed by atoms with Crippen LogP contribution >= 0.6 is 11.8 Å². The molecule has 1 rings (SSSR count). The van der Waals surface area contributed by atoms with Crippen LogP contribution in [-0.4, -0.2) is 28.0 Å². The van der Waals surface area contributed by atoms with Gasteiger partial charge in [0.2, 0.25) is 0 Å². The highest BCUT2D eigenvalue weighted by Gasteiger charge is 2.31. The number of hydrogen-bond donors (Lipinski definition) is 0. The van der Waals surface area contributed by atoms with E-state index in [1.165, 1.54) is 24.6 Å². The van der Waals surface area contributed by atoms with E-state index in [0.717, 1.165) is 19.0 Å². The third-order valence-electron chi connectivity index (χ3n) is 2.31. The third-order valence-corrected chi connectivity index (χ3v) is 3.35. The minimum atomic E-state index is 0.0485. The van der Waals surface area contributed by atoms with Crippen LogP contribution in [-0.2, 0) is 0 Å². The maximum Gasteiger partial charge on any atom is 0.282 e. The van der Waals surface area contributed by atoms with Crippen molar-refractivity contribution in [1.29, 1.82) is 0 Å². The second kappa shape index (κ2) is 4.56. The summed E-state index contributed by atoms with van der Waals surface area (Å²) in [5.41, 5.74) is 0. The van der Waals surface area contributed by atoms with Crippen LogP contribution in [0.1, 0.15) is 40.5 Å². The predicted molar refractivity (Wildman–Crippen MR) is 62.7 cm³/mol. The van der Waals surface area contributed by atoms with Crippen molar-refractivity contribution in [2.75, 3.05) is 13.1 Å². The SMILES string of the molecule is CCCC1CN(C(=O)SC(C)(C)C)C1. The maximum absolute atomic E-state index is 11.7. The second-order valence-corrected chi connectivity index (χ2v) is 6.82. The van der Waals surface area contributed by atoms with E-state index in [2.05, 4.69) is 27.7 Å². The van der Waals surface area contributed by atoms with Crippen LogP contribution < -0.4 is 0 Å². The summed E-state index contributed by atoms with van der Waals surface area (Å²) in [6.07, 6.45) is 2.50. The van der Waals surface area contributed by atoms with E-state index in [1.807, 2.05) is 4.90 Å². The van der Waals surface area contributed by atoms with Gasteiger partial charge in [-0.05, 0) is 12.3 Å². The highest BCUT2D eigenvalue weighted by atomic mass is 32.2. The normalized spacial score (nSPS) is 18.1. The molecule has 1 aliphatic rings. The molecule has 0 saturated carbocycles. The van der Waals surface area contributed by atoms with Gasteiger partial charge in [0.1, 0.15) is 0 Å². The van der Waals surface area contributed by atoms with Gasteiger partial charge in [0, 0.05) is 17.8 Å². The number of likely N-dealkylation sites (tertiary alicyclic amines) is 1. The Morgan fingerprint density at radius 1 is 1.43 bits per heavy atom. The molecule has 2 nitrogen and oxygen atoms in total. The second-order valence-electron chi connectivity index (χ2n) is 5.04. The molecule has 0 radical (unpaired) electrons. The molecule has 3 heteroatoms. The Bertz CT molecular complexity index is 204. The highest BCUT2D eigenvalue weighted by Crippen LogP contribution is 2.30. The summed E-state index contributed by atoms with van der Waals surface area (Å²) in [4.78, 5) is 13.6. The molecule has 0 aromatic carbocycles. The van der Waals surface area contributed by atoms with E-state index in [4.69, 9.17) is 0 Å². The number of rotatable bonds is 2. The highest BCUT2D eigenvalue weighted by molar-refractivity contribution is 8.14. The summed E-state index contributed by atoms with van der Waals surface area (Å²) >= 11 is 1.45. The van der Waals surface area contributed by atoms with Crippen molar-refractivity contribution in [3.8, 4) is 0 Å². The van der Waals surface area contributed by atoms with Crippen LogP contribution in [0.4, 0.5) is 4.79 Å². The van der Waals surface area contributed by atoms with E-state index >= 15 is 0 Å². The minimum absolute atomic E-state index is 0.0485. The first-order chi connectivity index (χ1) is 6.42. The number of hydrogen-bond acceptors (Lipinski definition) is 2. The summed E-state index contributed by atoms with van der Waals surface area (Å²) in [5.74, 6) is 0.768. The largest absolute Gasteiger partial charge is 0.333 e. The Balaban J connectivity index is 2.23. The number of carbonyl (C=O) groups is 1. The first-order valence-corrected chi connectivity index (χ1v) is 6.22. The van der Waals surface area contributed by atoms with E-state index in [9.17, 15) is 4.79 Å². The molecule has 1 heterocycles. The van der Waals surface area contributed by atoms with Crippen molar-refractivity contribution in [1.82, 2.24) is 4.90 Å². The van der Waals surface area contributed by atoms with Gasteiger partial charge in [0.15, 0.2) is 0 Å². The monoisotopic (exact) mass is 215 g/mol. The lowest BCUT2D eigenvalue weighted by atomic mass is 9.96. The molecule has 82 valence electrons. The van der Waals surface area contributed by atoms with Gasteiger partial charge in [0.05, 0.1) is 0 Å². The van der Waals surface area contributed by atoms with Crippen LogP contribution in [0.2, 0.25) is 0 Å². The lowest BCUT2D eigenvalue weighted by Crippen LogP contribution is -2.49. The van der Waals surface area contributed by atoms with Gasteiger partial charge in [-0.2, -0.15) is 0 Å². The van der Waals surface area contributed by atoms with Gasteiger partial charge in [-0.15, -0.1) is 0 Å². The molecule has 1 aliphatic heterocycles. The molecule has 1 saturated heterocycles. The van der Waals surface area contributed by atoms with Crippen molar-refractivity contribution in [3.05, 3.63) is 0 Å². The van der Waals surface area contributed by atoms with Gasteiger partial charge in [-0.25, -0.2) is 0 Å². The van der Waals surface area contributed by atoms with Crippen LogP contribution in [0, 0.1) is 5.92 Å². The lowest BCUT2D eigenvalue weighted by molar-refractivity contribution is 0.134. The van der Waals surface area contributed by atoms with Crippen LogP contribution in [0.25, 0.3) is 0 Å². The Kier molecular flexibility index (Phi) is 3.87. The van der Waals surface area contributed by atoms with Crippen molar-refractivity contribution >= 4 is 17.0 Å². The first kappa shape index (κ1) is 11.9. The molecule has 0 aliphatic carbocycles. The predicted octanol–water partition coefficient (Wildman–Crippen LogP) is 3.37. The summed E-state index contributed by atoms with van der Waals surface area (Å²) in [5, 5.41) is 0.254. The van der Waals surface area contributed by atoms with E-state index in [1.54, 1.807) is 0 Å². The Morgan fingerprint density at radius 3 is 2.43 bits per heavy atom. The number of amides is 1. The molecule has 0 aromatic rings. The van der Waals surface area contributed by atoms with E-state index < -0.39 is 0 Å². The summed E-state index contributed by atoms with van der Waals surface area (Å²) < 4.78 is 0.0485. The molecular weight excluding hydrogens is 194 g/mol. The summed E-state index contributed by atoms with van der Waals surface area (Å²) in [6.45, 7) is 10.4. The molecule has 0 N–H and O–H groups in total. The van der Waals surface area contributed by atoms with Crippen molar-refractivity contribution < 1.29 is 4.79 Å². The molecule has 0 aromatic heterocycles.